The molecule has 1 unspecified atom stereocenters. The predicted molar refractivity (Wildman–Crippen MR) is 91.2 cm³/mol. The van der Waals surface area contributed by atoms with Gasteiger partial charge in [0.05, 0.1) is 12.0 Å². The molecule has 0 aromatic heterocycles. The van der Waals surface area contributed by atoms with Crippen LogP contribution in [0, 0.1) is 29.9 Å². The summed E-state index contributed by atoms with van der Waals surface area (Å²) >= 11 is 0. The molecule has 0 N–H and O–H groups in total. The minimum absolute atomic E-state index is 0.0546. The fourth-order valence-electron chi connectivity index (χ4n) is 3.44. The molecule has 0 radical (unpaired) electrons. The molecule has 1 aromatic rings. The highest BCUT2D eigenvalue weighted by Gasteiger charge is 2.38. The van der Waals surface area contributed by atoms with E-state index in [1.54, 1.807) is 4.90 Å². The zero-order chi connectivity index (χ0) is 18.7. The number of nitrogens with zero attached hydrogens (tertiary/aromatic N) is 2. The van der Waals surface area contributed by atoms with Crippen LogP contribution in [0.1, 0.15) is 19.3 Å². The van der Waals surface area contributed by atoms with Crippen molar-refractivity contribution >= 4 is 17.5 Å². The van der Waals surface area contributed by atoms with Crippen LogP contribution in [0.25, 0.3) is 0 Å². The van der Waals surface area contributed by atoms with Crippen molar-refractivity contribution in [3.05, 3.63) is 29.8 Å². The van der Waals surface area contributed by atoms with Gasteiger partial charge in [0.2, 0.25) is 11.8 Å². The summed E-state index contributed by atoms with van der Waals surface area (Å²) in [6, 6.07) is 3.31. The molecular formula is C19H20F2N2O3. The minimum atomic E-state index is -1.01. The van der Waals surface area contributed by atoms with Gasteiger partial charge in [-0.05, 0) is 25.0 Å². The first-order chi connectivity index (χ1) is 12.5. The second-order valence-electron chi connectivity index (χ2n) is 6.54. The number of hydrogen-bond donors (Lipinski definition) is 0. The molecular weight excluding hydrogens is 342 g/mol. The van der Waals surface area contributed by atoms with E-state index >= 15 is 0 Å². The molecule has 2 amide bonds. The average Bonchev–Trinajstić information content (AvgIpc) is 3.04. The van der Waals surface area contributed by atoms with Gasteiger partial charge in [-0.3, -0.25) is 9.59 Å². The van der Waals surface area contributed by atoms with E-state index in [1.165, 1.54) is 11.0 Å². The number of amides is 2. The molecule has 26 heavy (non-hydrogen) atoms. The van der Waals surface area contributed by atoms with E-state index in [0.29, 0.717) is 25.9 Å². The number of likely N-dealkylation sites (tertiary alicyclic amines) is 1. The Kier molecular flexibility index (Phi) is 5.52. The highest BCUT2D eigenvalue weighted by atomic mass is 19.2. The van der Waals surface area contributed by atoms with E-state index < -0.39 is 17.6 Å². The molecule has 0 bridgehead atoms. The van der Waals surface area contributed by atoms with Crippen molar-refractivity contribution in [2.24, 2.45) is 5.92 Å². The number of benzene rings is 1. The van der Waals surface area contributed by atoms with Crippen LogP contribution in [0.15, 0.2) is 18.2 Å². The van der Waals surface area contributed by atoms with Gasteiger partial charge in [-0.25, -0.2) is 8.78 Å². The number of halogens is 2. The van der Waals surface area contributed by atoms with Gasteiger partial charge < -0.3 is 14.5 Å². The quantitative estimate of drug-likeness (QED) is 0.770. The van der Waals surface area contributed by atoms with Crippen molar-refractivity contribution in [1.29, 1.82) is 0 Å². The topological polar surface area (TPSA) is 49.9 Å². The second-order valence-corrected chi connectivity index (χ2v) is 6.54. The maximum Gasteiger partial charge on any atom is 0.228 e. The lowest BCUT2D eigenvalue weighted by Gasteiger charge is -2.33. The monoisotopic (exact) mass is 362 g/mol. The largest absolute Gasteiger partial charge is 0.365 e. The van der Waals surface area contributed by atoms with Gasteiger partial charge in [-0.15, -0.1) is 6.42 Å². The lowest BCUT2D eigenvalue weighted by atomic mass is 10.0. The first kappa shape index (κ1) is 18.3. The third-order valence-electron chi connectivity index (χ3n) is 4.85. The van der Waals surface area contributed by atoms with Crippen molar-refractivity contribution < 1.29 is 23.1 Å². The summed E-state index contributed by atoms with van der Waals surface area (Å²) in [5.74, 6) is -0.374. The van der Waals surface area contributed by atoms with Crippen molar-refractivity contribution in [2.45, 2.75) is 25.4 Å². The van der Waals surface area contributed by atoms with Gasteiger partial charge in [0.1, 0.15) is 6.61 Å². The van der Waals surface area contributed by atoms with Gasteiger partial charge in [0.15, 0.2) is 11.6 Å². The van der Waals surface area contributed by atoms with Crippen LogP contribution >= 0.6 is 0 Å². The van der Waals surface area contributed by atoms with Crippen LogP contribution in [0.3, 0.4) is 0 Å². The molecule has 2 heterocycles. The lowest BCUT2D eigenvalue weighted by molar-refractivity contribution is -0.138. The zero-order valence-electron chi connectivity index (χ0n) is 14.3. The molecule has 2 saturated heterocycles. The molecule has 0 aliphatic carbocycles. The normalized spacial score (nSPS) is 21.1. The summed E-state index contributed by atoms with van der Waals surface area (Å²) in [4.78, 5) is 28.0. The first-order valence-corrected chi connectivity index (χ1v) is 8.59. The maximum absolute atomic E-state index is 13.4. The number of hydrogen-bond acceptors (Lipinski definition) is 3. The van der Waals surface area contributed by atoms with Crippen molar-refractivity contribution in [3.8, 4) is 12.3 Å². The summed E-state index contributed by atoms with van der Waals surface area (Å²) in [7, 11) is 0. The van der Waals surface area contributed by atoms with E-state index in [4.69, 9.17) is 11.2 Å². The molecule has 0 saturated carbocycles. The molecule has 2 aliphatic rings. The van der Waals surface area contributed by atoms with Crippen molar-refractivity contribution in [1.82, 2.24) is 4.90 Å². The van der Waals surface area contributed by atoms with Crippen LogP contribution in [0.5, 0.6) is 0 Å². The van der Waals surface area contributed by atoms with Gasteiger partial charge in [-0.1, -0.05) is 5.92 Å². The molecule has 2 aliphatic heterocycles. The van der Waals surface area contributed by atoms with E-state index in [0.717, 1.165) is 12.1 Å². The van der Waals surface area contributed by atoms with Crippen LogP contribution in [0.4, 0.5) is 14.5 Å². The number of rotatable bonds is 4. The summed E-state index contributed by atoms with van der Waals surface area (Å²) in [5, 5.41) is 0. The van der Waals surface area contributed by atoms with Gasteiger partial charge >= 0.3 is 0 Å². The highest BCUT2D eigenvalue weighted by molar-refractivity contribution is 6.00. The second kappa shape index (κ2) is 7.83. The summed E-state index contributed by atoms with van der Waals surface area (Å²) < 4.78 is 32.0. The van der Waals surface area contributed by atoms with Crippen LogP contribution < -0.4 is 4.90 Å². The average molecular weight is 362 g/mol. The van der Waals surface area contributed by atoms with Gasteiger partial charge in [-0.2, -0.15) is 0 Å². The van der Waals surface area contributed by atoms with E-state index in [9.17, 15) is 18.4 Å². The minimum Gasteiger partial charge on any atom is -0.365 e. The Morgan fingerprint density at radius 1 is 1.27 bits per heavy atom. The number of anilines is 1. The first-order valence-electron chi connectivity index (χ1n) is 8.59. The number of terminal acetylenes is 1. The number of carbonyl (C=O) groups excluding carboxylic acids is 2. The fourth-order valence-corrected chi connectivity index (χ4v) is 3.44. The van der Waals surface area contributed by atoms with Crippen LogP contribution in [-0.2, 0) is 14.3 Å². The third kappa shape index (κ3) is 3.86. The maximum atomic E-state index is 13.4. The Morgan fingerprint density at radius 3 is 2.65 bits per heavy atom. The van der Waals surface area contributed by atoms with Crippen molar-refractivity contribution in [2.75, 3.05) is 31.1 Å². The van der Waals surface area contributed by atoms with E-state index in [-0.39, 0.29) is 43.2 Å². The van der Waals surface area contributed by atoms with Crippen LogP contribution in [-0.4, -0.2) is 49.1 Å². The number of ether oxygens (including phenoxy) is 1. The SMILES string of the molecule is C#CCOC1CCN(C(=O)C2CC(=O)N(c3ccc(F)c(F)c3)C2)CC1. The number of carbonyl (C=O) groups is 2. The summed E-state index contributed by atoms with van der Waals surface area (Å²) in [6.45, 7) is 1.56. The number of piperidine rings is 1. The van der Waals surface area contributed by atoms with Gasteiger partial charge in [0, 0.05) is 37.8 Å². The van der Waals surface area contributed by atoms with Crippen LogP contribution in [0.2, 0.25) is 0 Å². The Hall–Kier alpha value is -2.46. The van der Waals surface area contributed by atoms with E-state index in [2.05, 4.69) is 5.92 Å². The van der Waals surface area contributed by atoms with Gasteiger partial charge in [0.25, 0.3) is 0 Å². The fraction of sp³-hybridized carbons (Fsp3) is 0.474. The molecule has 5 nitrogen and oxygen atoms in total. The Balaban J connectivity index is 1.59. The zero-order valence-corrected chi connectivity index (χ0v) is 14.3. The molecule has 0 spiro atoms. The Labute approximate surface area is 150 Å². The predicted octanol–water partition coefficient (Wildman–Crippen LogP) is 1.96. The highest BCUT2D eigenvalue weighted by Crippen LogP contribution is 2.28. The molecule has 2 fully saturated rings. The third-order valence-corrected chi connectivity index (χ3v) is 4.85. The molecule has 138 valence electrons. The van der Waals surface area contributed by atoms with E-state index in [1.807, 2.05) is 0 Å². The lowest BCUT2D eigenvalue weighted by Crippen LogP contribution is -2.44. The summed E-state index contributed by atoms with van der Waals surface area (Å²) in [5.41, 5.74) is 0.269. The molecule has 7 heteroatoms. The molecule has 1 atom stereocenters. The Bertz CT molecular complexity index is 739. The molecule has 3 rings (SSSR count). The van der Waals surface area contributed by atoms with Crippen molar-refractivity contribution in [3.63, 3.8) is 0 Å². The molecule has 1 aromatic carbocycles. The summed E-state index contributed by atoms with van der Waals surface area (Å²) in [6.07, 6.45) is 6.72. The smallest absolute Gasteiger partial charge is 0.228 e. The standard InChI is InChI=1S/C19H20F2N2O3/c1-2-9-26-15-5-7-22(8-6-15)19(25)13-10-18(24)23(12-13)14-3-4-16(20)17(21)11-14/h1,3-4,11,13,15H,5-10,12H2. The Morgan fingerprint density at radius 2 is 2.00 bits per heavy atom.